The lowest BCUT2D eigenvalue weighted by atomic mass is 9.89. The third-order valence-corrected chi connectivity index (χ3v) is 2.68. The summed E-state index contributed by atoms with van der Waals surface area (Å²) in [6.45, 7) is 10.8. The zero-order valence-corrected chi connectivity index (χ0v) is 11.4. The van der Waals surface area contributed by atoms with E-state index in [2.05, 4.69) is 35.6 Å². The number of aliphatic hydroxyl groups is 1. The molecule has 98 valence electrons. The Bertz CT molecular complexity index is 328. The molecule has 1 rings (SSSR count). The van der Waals surface area contributed by atoms with Gasteiger partial charge in [0, 0.05) is 32.0 Å². The summed E-state index contributed by atoms with van der Waals surface area (Å²) in [6.07, 6.45) is 4.34. The van der Waals surface area contributed by atoms with Crippen LogP contribution in [0.15, 0.2) is 12.4 Å². The van der Waals surface area contributed by atoms with Crippen molar-refractivity contribution >= 4 is 0 Å². The van der Waals surface area contributed by atoms with Crippen LogP contribution < -0.4 is 5.32 Å². The van der Waals surface area contributed by atoms with Gasteiger partial charge in [0.1, 0.15) is 5.82 Å². The number of nitrogens with one attached hydrogen (secondary N) is 1. The molecule has 4 heteroatoms. The maximum Gasteiger partial charge on any atom is 0.105 e. The molecule has 1 unspecified atom stereocenters. The molecule has 0 aliphatic carbocycles. The van der Waals surface area contributed by atoms with Gasteiger partial charge in [0.25, 0.3) is 0 Å². The first-order chi connectivity index (χ1) is 7.88. The molecule has 0 saturated heterocycles. The number of hydrogen-bond donors (Lipinski definition) is 2. The number of rotatable bonds is 6. The summed E-state index contributed by atoms with van der Waals surface area (Å²) in [7, 11) is 0. The first-order valence-corrected chi connectivity index (χ1v) is 6.25. The van der Waals surface area contributed by atoms with Crippen molar-refractivity contribution in [3.63, 3.8) is 0 Å². The highest BCUT2D eigenvalue weighted by atomic mass is 16.3. The molecule has 1 aromatic heterocycles. The fraction of sp³-hybridized carbons (Fsp3) is 0.769. The van der Waals surface area contributed by atoms with Crippen LogP contribution in [-0.4, -0.2) is 33.9 Å². The molecule has 0 aliphatic heterocycles. The van der Waals surface area contributed by atoms with Crippen molar-refractivity contribution in [1.82, 2.24) is 14.9 Å². The Hall–Kier alpha value is -0.870. The molecule has 17 heavy (non-hydrogen) atoms. The van der Waals surface area contributed by atoms with Crippen LogP contribution >= 0.6 is 0 Å². The minimum atomic E-state index is -0.265. The van der Waals surface area contributed by atoms with Crippen molar-refractivity contribution in [2.75, 3.05) is 13.1 Å². The van der Waals surface area contributed by atoms with Gasteiger partial charge in [0.05, 0.1) is 6.10 Å². The minimum Gasteiger partial charge on any atom is -0.392 e. The van der Waals surface area contributed by atoms with E-state index in [0.717, 1.165) is 25.3 Å². The van der Waals surface area contributed by atoms with Gasteiger partial charge in [-0.25, -0.2) is 4.98 Å². The number of aryl methyl sites for hydroxylation is 1. The fourth-order valence-corrected chi connectivity index (χ4v) is 1.89. The molecule has 0 saturated carbocycles. The first kappa shape index (κ1) is 14.2. The second-order valence-corrected chi connectivity index (χ2v) is 5.79. The van der Waals surface area contributed by atoms with Crippen molar-refractivity contribution in [3.8, 4) is 0 Å². The zero-order valence-electron chi connectivity index (χ0n) is 11.4. The van der Waals surface area contributed by atoms with E-state index in [1.807, 2.05) is 19.3 Å². The van der Waals surface area contributed by atoms with Gasteiger partial charge in [0.2, 0.25) is 0 Å². The van der Waals surface area contributed by atoms with Crippen LogP contribution in [0.3, 0.4) is 0 Å². The molecule has 0 aliphatic rings. The summed E-state index contributed by atoms with van der Waals surface area (Å²) >= 11 is 0. The number of hydrogen-bond acceptors (Lipinski definition) is 3. The summed E-state index contributed by atoms with van der Waals surface area (Å²) in [5.41, 5.74) is 0.183. The topological polar surface area (TPSA) is 50.1 Å². The lowest BCUT2D eigenvalue weighted by Gasteiger charge is -2.22. The van der Waals surface area contributed by atoms with Gasteiger partial charge < -0.3 is 15.0 Å². The molecule has 2 N–H and O–H groups in total. The predicted octanol–water partition coefficient (Wildman–Crippen LogP) is 1.58. The number of imidazole rings is 1. The predicted molar refractivity (Wildman–Crippen MR) is 69.9 cm³/mol. The second-order valence-electron chi connectivity index (χ2n) is 5.79. The zero-order chi connectivity index (χ0) is 12.9. The van der Waals surface area contributed by atoms with E-state index in [1.165, 1.54) is 0 Å². The van der Waals surface area contributed by atoms with E-state index in [4.69, 9.17) is 0 Å². The maximum absolute atomic E-state index is 9.81. The highest BCUT2D eigenvalue weighted by molar-refractivity contribution is 4.88. The van der Waals surface area contributed by atoms with E-state index in [9.17, 15) is 5.11 Å². The van der Waals surface area contributed by atoms with Crippen LogP contribution in [0.25, 0.3) is 0 Å². The van der Waals surface area contributed by atoms with Gasteiger partial charge in [-0.2, -0.15) is 0 Å². The van der Waals surface area contributed by atoms with Gasteiger partial charge in [-0.05, 0) is 18.8 Å². The van der Waals surface area contributed by atoms with Crippen LogP contribution in [-0.2, 0) is 6.54 Å². The number of nitrogens with zero attached hydrogens (tertiary/aromatic N) is 2. The maximum atomic E-state index is 9.81. The summed E-state index contributed by atoms with van der Waals surface area (Å²) in [5.74, 6) is 1.03. The van der Waals surface area contributed by atoms with Gasteiger partial charge in [-0.1, -0.05) is 20.8 Å². The standard InChI is InChI=1S/C13H25N3O/c1-11-15-6-8-16(11)7-5-14-10-12(17)9-13(2,3)4/h6,8,12,14,17H,5,7,9-10H2,1-4H3. The quantitative estimate of drug-likeness (QED) is 0.741. The minimum absolute atomic E-state index is 0.183. The molecular weight excluding hydrogens is 214 g/mol. The van der Waals surface area contributed by atoms with E-state index in [-0.39, 0.29) is 11.5 Å². The Kier molecular flexibility index (Phi) is 5.15. The fourth-order valence-electron chi connectivity index (χ4n) is 1.89. The number of aromatic nitrogens is 2. The molecule has 0 fully saturated rings. The normalized spacial score (nSPS) is 13.9. The van der Waals surface area contributed by atoms with E-state index >= 15 is 0 Å². The second kappa shape index (κ2) is 6.17. The molecule has 0 radical (unpaired) electrons. The number of aliphatic hydroxyl groups excluding tert-OH is 1. The van der Waals surface area contributed by atoms with Gasteiger partial charge >= 0.3 is 0 Å². The Balaban J connectivity index is 2.14. The average molecular weight is 239 g/mol. The third-order valence-electron chi connectivity index (χ3n) is 2.68. The average Bonchev–Trinajstić information content (AvgIpc) is 2.56. The highest BCUT2D eigenvalue weighted by Gasteiger charge is 2.15. The largest absolute Gasteiger partial charge is 0.392 e. The lowest BCUT2D eigenvalue weighted by Crippen LogP contribution is -2.32. The molecular formula is C13H25N3O. The molecule has 1 atom stereocenters. The molecule has 1 heterocycles. The van der Waals surface area contributed by atoms with Crippen LogP contribution in [0.1, 0.15) is 33.0 Å². The Labute approximate surface area is 104 Å². The van der Waals surface area contributed by atoms with E-state index < -0.39 is 0 Å². The monoisotopic (exact) mass is 239 g/mol. The molecule has 0 spiro atoms. The lowest BCUT2D eigenvalue weighted by molar-refractivity contribution is 0.119. The van der Waals surface area contributed by atoms with Crippen molar-refractivity contribution in [2.45, 2.75) is 46.8 Å². The van der Waals surface area contributed by atoms with Crippen LogP contribution in [0.4, 0.5) is 0 Å². The third kappa shape index (κ3) is 5.84. The summed E-state index contributed by atoms with van der Waals surface area (Å²) in [6, 6.07) is 0. The smallest absolute Gasteiger partial charge is 0.105 e. The van der Waals surface area contributed by atoms with E-state index in [1.54, 1.807) is 0 Å². The first-order valence-electron chi connectivity index (χ1n) is 6.25. The van der Waals surface area contributed by atoms with Crippen molar-refractivity contribution in [1.29, 1.82) is 0 Å². The van der Waals surface area contributed by atoms with Gasteiger partial charge in [0.15, 0.2) is 0 Å². The van der Waals surface area contributed by atoms with Gasteiger partial charge in [-0.3, -0.25) is 0 Å². The Morgan fingerprint density at radius 1 is 1.47 bits per heavy atom. The highest BCUT2D eigenvalue weighted by Crippen LogP contribution is 2.20. The SMILES string of the molecule is Cc1nccn1CCNCC(O)CC(C)(C)C. The summed E-state index contributed by atoms with van der Waals surface area (Å²) in [5, 5.41) is 13.1. The molecule has 0 amide bonds. The molecule has 0 bridgehead atoms. The summed E-state index contributed by atoms with van der Waals surface area (Å²) < 4.78 is 2.10. The molecule has 4 nitrogen and oxygen atoms in total. The van der Waals surface area contributed by atoms with Crippen molar-refractivity contribution in [3.05, 3.63) is 18.2 Å². The van der Waals surface area contributed by atoms with Gasteiger partial charge in [-0.15, -0.1) is 0 Å². The molecule has 1 aromatic rings. The van der Waals surface area contributed by atoms with Crippen LogP contribution in [0.5, 0.6) is 0 Å². The summed E-state index contributed by atoms with van der Waals surface area (Å²) in [4.78, 5) is 4.16. The van der Waals surface area contributed by atoms with Crippen molar-refractivity contribution in [2.24, 2.45) is 5.41 Å². The Morgan fingerprint density at radius 2 is 2.18 bits per heavy atom. The molecule has 0 aromatic carbocycles. The Morgan fingerprint density at radius 3 is 2.71 bits per heavy atom. The van der Waals surface area contributed by atoms with Crippen LogP contribution in [0, 0.1) is 12.3 Å². The van der Waals surface area contributed by atoms with Crippen molar-refractivity contribution < 1.29 is 5.11 Å². The van der Waals surface area contributed by atoms with E-state index in [0.29, 0.717) is 6.54 Å². The van der Waals surface area contributed by atoms with Crippen LogP contribution in [0.2, 0.25) is 0 Å².